The van der Waals surface area contributed by atoms with Gasteiger partial charge >= 0.3 is 0 Å². The van der Waals surface area contributed by atoms with Gasteiger partial charge in [0.2, 0.25) is 0 Å². The number of rotatable bonds is 5. The fraction of sp³-hybridized carbons (Fsp3) is 0.154. The van der Waals surface area contributed by atoms with E-state index in [4.69, 9.17) is 0 Å². The number of benzene rings is 3. The maximum atomic E-state index is 12.7. The van der Waals surface area contributed by atoms with Gasteiger partial charge in [0.05, 0.1) is 23.7 Å². The summed E-state index contributed by atoms with van der Waals surface area (Å²) in [6.07, 6.45) is 0. The van der Waals surface area contributed by atoms with Gasteiger partial charge in [-0.15, -0.1) is 0 Å². The third kappa shape index (κ3) is 3.64. The molecule has 0 saturated carbocycles. The van der Waals surface area contributed by atoms with E-state index < -0.39 is 0 Å². The van der Waals surface area contributed by atoms with Gasteiger partial charge in [0.15, 0.2) is 0 Å². The predicted octanol–water partition coefficient (Wildman–Crippen LogP) is 5.04. The molecule has 0 spiro atoms. The molecule has 5 heteroatoms. The third-order valence-electron chi connectivity index (χ3n) is 5.94. The van der Waals surface area contributed by atoms with Crippen LogP contribution in [0.2, 0.25) is 0 Å². The molecule has 3 aromatic rings. The lowest BCUT2D eigenvalue weighted by Crippen LogP contribution is -2.44. The number of hydrogen-bond acceptors (Lipinski definition) is 3. The highest BCUT2D eigenvalue weighted by Gasteiger charge is 2.37. The lowest BCUT2D eigenvalue weighted by atomic mass is 9.93. The van der Waals surface area contributed by atoms with Crippen LogP contribution in [-0.4, -0.2) is 41.2 Å². The number of fused-ring (bicyclic) bond motifs is 1. The van der Waals surface area contributed by atoms with Crippen molar-refractivity contribution in [3.05, 3.63) is 117 Å². The molecule has 4 nitrogen and oxygen atoms in total. The van der Waals surface area contributed by atoms with E-state index in [1.165, 1.54) is 21.6 Å². The highest BCUT2D eigenvalue weighted by molar-refractivity contribution is 9.11. The number of carbonyl (C=O) groups excluding carboxylic acids is 2. The molecule has 1 fully saturated rings. The summed E-state index contributed by atoms with van der Waals surface area (Å²) < 4.78 is 0.915. The highest BCUT2D eigenvalue weighted by Crippen LogP contribution is 2.36. The van der Waals surface area contributed by atoms with Crippen LogP contribution < -0.4 is 0 Å². The largest absolute Gasteiger partial charge is 0.284 e. The maximum absolute atomic E-state index is 12.7. The first kappa shape index (κ1) is 19.9. The second-order valence-electron chi connectivity index (χ2n) is 7.88. The minimum absolute atomic E-state index is 0.172. The van der Waals surface area contributed by atoms with E-state index in [9.17, 15) is 9.59 Å². The second kappa shape index (κ2) is 8.25. The number of likely N-dealkylation sites (tertiary alicyclic amines) is 1. The molecule has 0 radical (unpaired) electrons. The number of hydrogen-bond donors (Lipinski definition) is 0. The van der Waals surface area contributed by atoms with Gasteiger partial charge in [-0.1, -0.05) is 88.7 Å². The van der Waals surface area contributed by atoms with Crippen molar-refractivity contribution in [2.24, 2.45) is 0 Å². The Morgan fingerprint density at radius 2 is 1.19 bits per heavy atom. The number of amides is 2. The van der Waals surface area contributed by atoms with Crippen molar-refractivity contribution in [1.29, 1.82) is 0 Å². The maximum Gasteiger partial charge on any atom is 0.261 e. The standard InChI is InChI=1S/C26H21BrN2O2/c27-23(17-29-25(30)21-13-7-8-14-22(21)26(29)31)20-15-28(16-20)24(18-9-3-1-4-10-18)19-11-5-2-6-12-19/h1-14,24H,15-17H2. The van der Waals surface area contributed by atoms with Crippen LogP contribution in [0.15, 0.2) is 95.0 Å². The van der Waals surface area contributed by atoms with Crippen LogP contribution >= 0.6 is 15.9 Å². The number of nitrogens with zero attached hydrogens (tertiary/aromatic N) is 2. The Labute approximate surface area is 189 Å². The van der Waals surface area contributed by atoms with Gasteiger partial charge < -0.3 is 0 Å². The molecule has 31 heavy (non-hydrogen) atoms. The molecule has 2 heterocycles. The van der Waals surface area contributed by atoms with Crippen LogP contribution in [0.3, 0.4) is 0 Å². The Bertz CT molecular complexity index is 1090. The number of carbonyl (C=O) groups is 2. The van der Waals surface area contributed by atoms with Crippen LogP contribution in [0.5, 0.6) is 0 Å². The molecule has 0 bridgehead atoms. The summed E-state index contributed by atoms with van der Waals surface area (Å²) in [5.41, 5.74) is 4.70. The van der Waals surface area contributed by atoms with Gasteiger partial charge in [0.25, 0.3) is 11.8 Å². The van der Waals surface area contributed by atoms with E-state index >= 15 is 0 Å². The molecule has 0 unspecified atom stereocenters. The topological polar surface area (TPSA) is 40.6 Å². The molecule has 3 aromatic carbocycles. The molecule has 0 atom stereocenters. The van der Waals surface area contributed by atoms with Gasteiger partial charge in [0.1, 0.15) is 0 Å². The second-order valence-corrected chi connectivity index (χ2v) is 8.84. The van der Waals surface area contributed by atoms with Crippen molar-refractivity contribution in [1.82, 2.24) is 9.80 Å². The van der Waals surface area contributed by atoms with E-state index in [0.717, 1.165) is 17.6 Å². The smallest absolute Gasteiger partial charge is 0.261 e. The average molecular weight is 473 g/mol. The van der Waals surface area contributed by atoms with E-state index in [2.05, 4.69) is 69.4 Å². The summed E-state index contributed by atoms with van der Waals surface area (Å²) in [5.74, 6) is -0.443. The Balaban J connectivity index is 1.34. The molecular weight excluding hydrogens is 452 g/mol. The summed E-state index contributed by atoms with van der Waals surface area (Å²) in [4.78, 5) is 29.1. The summed E-state index contributed by atoms with van der Waals surface area (Å²) in [6.45, 7) is 1.85. The van der Waals surface area contributed by atoms with Crippen molar-refractivity contribution in [2.75, 3.05) is 19.6 Å². The van der Waals surface area contributed by atoms with Gasteiger partial charge in [-0.3, -0.25) is 19.4 Å². The minimum atomic E-state index is -0.222. The zero-order valence-electron chi connectivity index (χ0n) is 16.9. The van der Waals surface area contributed by atoms with E-state index in [0.29, 0.717) is 11.1 Å². The summed E-state index contributed by atoms with van der Waals surface area (Å²) in [6, 6.07) is 28.2. The van der Waals surface area contributed by atoms with Gasteiger partial charge in [-0.25, -0.2) is 0 Å². The first-order valence-electron chi connectivity index (χ1n) is 10.3. The van der Waals surface area contributed by atoms with Crippen molar-refractivity contribution in [3.8, 4) is 0 Å². The summed E-state index contributed by atoms with van der Waals surface area (Å²) in [5, 5.41) is 0. The normalized spacial score (nSPS) is 15.9. The first-order valence-corrected chi connectivity index (χ1v) is 11.1. The summed E-state index contributed by atoms with van der Waals surface area (Å²) >= 11 is 3.66. The fourth-order valence-electron chi connectivity index (χ4n) is 4.32. The lowest BCUT2D eigenvalue weighted by Gasteiger charge is -2.42. The average Bonchev–Trinajstić information content (AvgIpc) is 3.02. The fourth-order valence-corrected chi connectivity index (χ4v) is 4.82. The zero-order chi connectivity index (χ0) is 21.4. The molecule has 2 aliphatic heterocycles. The SMILES string of the molecule is O=C1c2ccccc2C(=O)N1CC(Br)=C1CN(C(c2ccccc2)c2ccccc2)C1. The first-order chi connectivity index (χ1) is 15.1. The Hall–Kier alpha value is -3.02. The van der Waals surface area contributed by atoms with Gasteiger partial charge in [-0.2, -0.15) is 0 Å². The predicted molar refractivity (Wildman–Crippen MR) is 124 cm³/mol. The Morgan fingerprint density at radius 1 is 0.742 bits per heavy atom. The van der Waals surface area contributed by atoms with E-state index in [1.54, 1.807) is 24.3 Å². The molecule has 2 amide bonds. The number of imide groups is 1. The molecule has 154 valence electrons. The quantitative estimate of drug-likeness (QED) is 0.488. The summed E-state index contributed by atoms with van der Waals surface area (Å²) in [7, 11) is 0. The van der Waals surface area contributed by atoms with Crippen molar-refractivity contribution >= 4 is 27.7 Å². The van der Waals surface area contributed by atoms with E-state index in [-0.39, 0.29) is 24.4 Å². The monoisotopic (exact) mass is 472 g/mol. The van der Waals surface area contributed by atoms with Gasteiger partial charge in [-0.05, 0) is 28.8 Å². The Morgan fingerprint density at radius 3 is 1.68 bits per heavy atom. The van der Waals surface area contributed by atoms with E-state index in [1.807, 2.05) is 12.1 Å². The van der Waals surface area contributed by atoms with Crippen LogP contribution in [0.4, 0.5) is 0 Å². The molecule has 2 aliphatic rings. The molecule has 1 saturated heterocycles. The Kier molecular flexibility index (Phi) is 5.30. The van der Waals surface area contributed by atoms with Gasteiger partial charge in [0, 0.05) is 17.6 Å². The highest BCUT2D eigenvalue weighted by atomic mass is 79.9. The molecule has 0 aromatic heterocycles. The molecule has 0 aliphatic carbocycles. The van der Waals surface area contributed by atoms with Crippen LogP contribution in [-0.2, 0) is 0 Å². The third-order valence-corrected chi connectivity index (χ3v) is 6.75. The molecule has 0 N–H and O–H groups in total. The van der Waals surface area contributed by atoms with Crippen LogP contribution in [0.1, 0.15) is 37.9 Å². The number of halogens is 1. The van der Waals surface area contributed by atoms with Crippen molar-refractivity contribution < 1.29 is 9.59 Å². The molecular formula is C26H21BrN2O2. The minimum Gasteiger partial charge on any atom is -0.284 e. The molecule has 5 rings (SSSR count). The lowest BCUT2D eigenvalue weighted by molar-refractivity contribution is 0.0669. The van der Waals surface area contributed by atoms with Crippen molar-refractivity contribution in [3.63, 3.8) is 0 Å². The van der Waals surface area contributed by atoms with Crippen LogP contribution in [0, 0.1) is 0 Å². The van der Waals surface area contributed by atoms with Crippen LogP contribution in [0.25, 0.3) is 0 Å². The zero-order valence-corrected chi connectivity index (χ0v) is 18.5. The van der Waals surface area contributed by atoms with Crippen molar-refractivity contribution in [2.45, 2.75) is 6.04 Å².